The maximum atomic E-state index is 15.4. The molecule has 0 spiro atoms. The largest absolute Gasteiger partial charge is 0.352 e. The van der Waals surface area contributed by atoms with Crippen LogP contribution in [0.25, 0.3) is 0 Å². The number of nitrogens with one attached hydrogen (secondary N) is 2. The Morgan fingerprint density at radius 1 is 1.53 bits per heavy atom. The number of rotatable bonds is 5. The van der Waals surface area contributed by atoms with Gasteiger partial charge in [0, 0.05) is 38.3 Å². The fourth-order valence-corrected chi connectivity index (χ4v) is 4.56. The summed E-state index contributed by atoms with van der Waals surface area (Å²) in [5, 5.41) is 6.53. The van der Waals surface area contributed by atoms with Crippen molar-refractivity contribution in [2.75, 3.05) is 30.4 Å². The maximum Gasteiger partial charge on any atom is 0.255 e. The van der Waals surface area contributed by atoms with Crippen molar-refractivity contribution in [1.82, 2.24) is 19.6 Å². The van der Waals surface area contributed by atoms with Gasteiger partial charge in [-0.1, -0.05) is 6.58 Å². The molecule has 1 atom stereocenters. The first-order valence-corrected chi connectivity index (χ1v) is 10.5. The number of carbonyl (C=O) groups excluding carboxylic acids is 2. The van der Waals surface area contributed by atoms with E-state index in [9.17, 15) is 9.59 Å². The molecule has 30 heavy (non-hydrogen) atoms. The van der Waals surface area contributed by atoms with Gasteiger partial charge in [0.05, 0.1) is 11.3 Å². The normalized spacial score (nSPS) is 18.0. The maximum absolute atomic E-state index is 15.4. The van der Waals surface area contributed by atoms with Crippen LogP contribution in [-0.4, -0.2) is 52.3 Å². The Hall–Kier alpha value is -3.01. The zero-order valence-corrected chi connectivity index (χ0v) is 17.7. The highest BCUT2D eigenvalue weighted by Gasteiger charge is 2.33. The molecule has 0 aliphatic carbocycles. The number of hydrogen-bond donors (Lipinski definition) is 2. The predicted octanol–water partition coefficient (Wildman–Crippen LogP) is 2.59. The molecule has 2 aromatic heterocycles. The fraction of sp³-hybridized carbons (Fsp3) is 0.400. The topological polar surface area (TPSA) is 90.5 Å². The number of halogens is 1. The lowest BCUT2D eigenvalue weighted by Gasteiger charge is -2.38. The first-order valence-electron chi connectivity index (χ1n) is 9.74. The lowest BCUT2D eigenvalue weighted by atomic mass is 10.0. The van der Waals surface area contributed by atoms with Crippen LogP contribution in [0, 0.1) is 12.7 Å². The SMILES string of the molecule is C=CC(=O)N1CCCC(N(C)c2nc(Nc3cc(C)ns3)c3c(c2F)CNC3=O)C1. The number of aromatic nitrogens is 2. The van der Waals surface area contributed by atoms with E-state index in [1.165, 1.54) is 17.6 Å². The number of piperidine rings is 1. The van der Waals surface area contributed by atoms with Gasteiger partial charge in [-0.05, 0) is 43.4 Å². The molecule has 2 aliphatic rings. The number of hydrogen-bond acceptors (Lipinski definition) is 7. The molecule has 1 fully saturated rings. The molecule has 158 valence electrons. The Kier molecular flexibility index (Phi) is 5.42. The first-order chi connectivity index (χ1) is 14.4. The van der Waals surface area contributed by atoms with E-state index in [0.717, 1.165) is 23.5 Å². The summed E-state index contributed by atoms with van der Waals surface area (Å²) in [6.45, 7) is 6.66. The van der Waals surface area contributed by atoms with Crippen molar-refractivity contribution >= 4 is 40.0 Å². The van der Waals surface area contributed by atoms with E-state index < -0.39 is 5.82 Å². The van der Waals surface area contributed by atoms with Crippen LogP contribution in [0.2, 0.25) is 0 Å². The smallest absolute Gasteiger partial charge is 0.255 e. The van der Waals surface area contributed by atoms with Crippen LogP contribution in [0.5, 0.6) is 0 Å². The molecule has 0 aromatic carbocycles. The predicted molar refractivity (Wildman–Crippen MR) is 114 cm³/mol. The number of fused-ring (bicyclic) bond motifs is 1. The standard InChI is InChI=1S/C20H23FN6O2S/c1-4-15(28)27-7-5-6-12(10-27)26(3)19-17(21)13-9-22-20(29)16(13)18(24-19)23-14-8-11(2)25-30-14/h4,8,12H,1,5-7,9-10H2,2-3H3,(H,22,29)(H,23,24). The minimum absolute atomic E-state index is 0.0914. The second kappa shape index (κ2) is 8.02. The van der Waals surface area contributed by atoms with Crippen molar-refractivity contribution < 1.29 is 14.0 Å². The second-order valence-electron chi connectivity index (χ2n) is 7.49. The van der Waals surface area contributed by atoms with Crippen molar-refractivity contribution in [3.8, 4) is 0 Å². The lowest BCUT2D eigenvalue weighted by Crippen LogP contribution is -2.48. The van der Waals surface area contributed by atoms with E-state index in [2.05, 4.69) is 26.6 Å². The fourth-order valence-electron chi connectivity index (χ4n) is 3.90. The third-order valence-corrected chi connectivity index (χ3v) is 6.30. The van der Waals surface area contributed by atoms with E-state index in [1.807, 2.05) is 13.0 Å². The van der Waals surface area contributed by atoms with Crippen LogP contribution >= 0.6 is 11.5 Å². The molecular formula is C20H23FN6O2S. The van der Waals surface area contributed by atoms with Crippen LogP contribution in [-0.2, 0) is 11.3 Å². The van der Waals surface area contributed by atoms with Gasteiger partial charge in [-0.25, -0.2) is 9.37 Å². The van der Waals surface area contributed by atoms with E-state index in [4.69, 9.17) is 0 Å². The van der Waals surface area contributed by atoms with Crippen LogP contribution in [0.15, 0.2) is 18.7 Å². The number of carbonyl (C=O) groups is 2. The van der Waals surface area contributed by atoms with Crippen LogP contribution in [0.4, 0.5) is 21.0 Å². The highest BCUT2D eigenvalue weighted by molar-refractivity contribution is 7.10. The number of amides is 2. The number of pyridine rings is 1. The van der Waals surface area contributed by atoms with Crippen LogP contribution < -0.4 is 15.5 Å². The van der Waals surface area contributed by atoms with Crippen LogP contribution in [0.3, 0.4) is 0 Å². The summed E-state index contributed by atoms with van der Waals surface area (Å²) in [5.74, 6) is -0.527. The average molecular weight is 431 g/mol. The first kappa shape index (κ1) is 20.3. The summed E-state index contributed by atoms with van der Waals surface area (Å²) in [6.07, 6.45) is 2.92. The van der Waals surface area contributed by atoms with Gasteiger partial charge in [-0.15, -0.1) is 0 Å². The van der Waals surface area contributed by atoms with Crippen LogP contribution in [0.1, 0.15) is 34.5 Å². The zero-order chi connectivity index (χ0) is 21.4. The minimum atomic E-state index is -0.510. The molecule has 8 nitrogen and oxygen atoms in total. The molecule has 0 saturated carbocycles. The molecular weight excluding hydrogens is 407 g/mol. The Labute approximate surface area is 177 Å². The van der Waals surface area contributed by atoms with Gasteiger partial charge in [0.25, 0.3) is 5.91 Å². The Bertz CT molecular complexity index is 1020. The summed E-state index contributed by atoms with van der Waals surface area (Å²) < 4.78 is 19.6. The Morgan fingerprint density at radius 3 is 3.03 bits per heavy atom. The molecule has 2 aromatic rings. The molecule has 10 heteroatoms. The molecule has 0 radical (unpaired) electrons. The molecule has 4 rings (SSSR count). The van der Waals surface area contributed by atoms with E-state index >= 15 is 4.39 Å². The average Bonchev–Trinajstić information content (AvgIpc) is 3.34. The Balaban J connectivity index is 1.69. The highest BCUT2D eigenvalue weighted by atomic mass is 32.1. The van der Waals surface area contributed by atoms with Gasteiger partial charge in [0.1, 0.15) is 10.8 Å². The van der Waals surface area contributed by atoms with Crippen molar-refractivity contribution in [1.29, 1.82) is 0 Å². The summed E-state index contributed by atoms with van der Waals surface area (Å²) in [7, 11) is 1.77. The lowest BCUT2D eigenvalue weighted by molar-refractivity contribution is -0.127. The molecule has 2 N–H and O–H groups in total. The van der Waals surface area contributed by atoms with Gasteiger partial charge in [-0.2, -0.15) is 4.37 Å². The molecule has 0 bridgehead atoms. The highest BCUT2D eigenvalue weighted by Crippen LogP contribution is 2.34. The van der Waals surface area contributed by atoms with E-state index in [-0.39, 0.29) is 35.8 Å². The van der Waals surface area contributed by atoms with Gasteiger partial charge in [-0.3, -0.25) is 9.59 Å². The monoisotopic (exact) mass is 430 g/mol. The third-order valence-electron chi connectivity index (χ3n) is 5.50. The third kappa shape index (κ3) is 3.62. The zero-order valence-electron chi connectivity index (χ0n) is 16.9. The quantitative estimate of drug-likeness (QED) is 0.709. The number of aryl methyl sites for hydroxylation is 1. The summed E-state index contributed by atoms with van der Waals surface area (Å²) in [5.41, 5.74) is 1.37. The van der Waals surface area contributed by atoms with Gasteiger partial charge in [0.2, 0.25) is 5.91 Å². The number of likely N-dealkylation sites (tertiary alicyclic amines) is 1. The van der Waals surface area contributed by atoms with Gasteiger partial charge >= 0.3 is 0 Å². The Morgan fingerprint density at radius 2 is 2.33 bits per heavy atom. The van der Waals surface area contributed by atoms with Crippen molar-refractivity contribution in [3.63, 3.8) is 0 Å². The number of anilines is 3. The summed E-state index contributed by atoms with van der Waals surface area (Å²) >= 11 is 1.25. The molecule has 2 aliphatic heterocycles. The van der Waals surface area contributed by atoms with Crippen molar-refractivity contribution in [2.45, 2.75) is 32.4 Å². The van der Waals surface area contributed by atoms with Gasteiger partial charge < -0.3 is 20.4 Å². The number of nitrogens with zero attached hydrogens (tertiary/aromatic N) is 4. The summed E-state index contributed by atoms with van der Waals surface area (Å²) in [6, 6.07) is 1.75. The minimum Gasteiger partial charge on any atom is -0.352 e. The van der Waals surface area contributed by atoms with E-state index in [0.29, 0.717) is 24.5 Å². The van der Waals surface area contributed by atoms with Crippen molar-refractivity contribution in [2.24, 2.45) is 0 Å². The molecule has 4 heterocycles. The molecule has 1 saturated heterocycles. The molecule has 2 amide bonds. The molecule has 1 unspecified atom stereocenters. The van der Waals surface area contributed by atoms with Crippen molar-refractivity contribution in [3.05, 3.63) is 41.4 Å². The number of likely N-dealkylation sites (N-methyl/N-ethyl adjacent to an activating group) is 1. The van der Waals surface area contributed by atoms with Gasteiger partial charge in [0.15, 0.2) is 11.6 Å². The second-order valence-corrected chi connectivity index (χ2v) is 8.29. The summed E-state index contributed by atoms with van der Waals surface area (Å²) in [4.78, 5) is 32.3. The van der Waals surface area contributed by atoms with E-state index in [1.54, 1.807) is 16.8 Å².